The lowest BCUT2D eigenvalue weighted by atomic mass is 10.0. The molecule has 158 valence electrons. The number of hydrogen-bond donors (Lipinski definition) is 1. The number of nitrogens with zero attached hydrogens (tertiary/aromatic N) is 2. The van der Waals surface area contributed by atoms with E-state index in [-0.39, 0.29) is 17.9 Å². The summed E-state index contributed by atoms with van der Waals surface area (Å²) in [6.45, 7) is 3.28. The van der Waals surface area contributed by atoms with Crippen molar-refractivity contribution in [1.82, 2.24) is 14.9 Å². The molecule has 4 aromatic rings. The quantitative estimate of drug-likeness (QED) is 0.463. The van der Waals surface area contributed by atoms with Crippen LogP contribution in [0.5, 0.6) is 0 Å². The Balaban J connectivity index is 1.56. The maximum atomic E-state index is 13.1. The summed E-state index contributed by atoms with van der Waals surface area (Å²) in [6.07, 6.45) is 1.80. The first kappa shape index (κ1) is 21.1. The molecule has 0 bridgehead atoms. The molecule has 31 heavy (non-hydrogen) atoms. The fraction of sp³-hybridized carbons (Fsp3) is 0.217. The molecule has 0 saturated heterocycles. The minimum Gasteiger partial charge on any atom is -0.344 e. The second-order valence-corrected chi connectivity index (χ2v) is 9.48. The van der Waals surface area contributed by atoms with Gasteiger partial charge in [-0.3, -0.25) is 19.0 Å². The number of carbonyl (C=O) groups is 2. The van der Waals surface area contributed by atoms with Crippen LogP contribution in [-0.2, 0) is 22.6 Å². The Kier molecular flexibility index (Phi) is 6.11. The summed E-state index contributed by atoms with van der Waals surface area (Å²) in [4.78, 5) is 45.0. The van der Waals surface area contributed by atoms with Gasteiger partial charge in [0.1, 0.15) is 11.4 Å². The highest BCUT2D eigenvalue weighted by atomic mass is 32.1. The number of benzene rings is 1. The zero-order chi connectivity index (χ0) is 22.0. The molecule has 0 fully saturated rings. The minimum atomic E-state index is -0.645. The molecule has 4 rings (SSSR count). The van der Waals surface area contributed by atoms with Crippen LogP contribution < -0.4 is 10.9 Å². The second-order valence-electron chi connectivity index (χ2n) is 7.34. The van der Waals surface area contributed by atoms with Crippen molar-refractivity contribution in [2.45, 2.75) is 32.9 Å². The van der Waals surface area contributed by atoms with Crippen molar-refractivity contribution in [2.75, 3.05) is 0 Å². The number of rotatable bonds is 7. The van der Waals surface area contributed by atoms with Crippen molar-refractivity contribution >= 4 is 44.6 Å². The van der Waals surface area contributed by atoms with Crippen LogP contribution in [0, 0.1) is 6.92 Å². The Labute approximate surface area is 187 Å². The highest BCUT2D eigenvalue weighted by Crippen LogP contribution is 2.34. The molecule has 0 aliphatic heterocycles. The second kappa shape index (κ2) is 8.95. The number of aryl methyl sites for hydroxylation is 1. The Hall–Kier alpha value is -3.10. The Morgan fingerprint density at radius 2 is 1.94 bits per heavy atom. The zero-order valence-electron chi connectivity index (χ0n) is 17.1. The summed E-state index contributed by atoms with van der Waals surface area (Å²) in [5, 5.41) is 5.21. The van der Waals surface area contributed by atoms with Gasteiger partial charge in [-0.2, -0.15) is 0 Å². The molecule has 3 aromatic heterocycles. The van der Waals surface area contributed by atoms with Crippen molar-refractivity contribution in [3.05, 3.63) is 75.0 Å². The fourth-order valence-electron chi connectivity index (χ4n) is 3.38. The van der Waals surface area contributed by atoms with Gasteiger partial charge in [0.2, 0.25) is 5.91 Å². The van der Waals surface area contributed by atoms with E-state index in [1.807, 2.05) is 54.8 Å². The van der Waals surface area contributed by atoms with Gasteiger partial charge < -0.3 is 5.32 Å². The van der Waals surface area contributed by atoms with E-state index in [1.54, 1.807) is 11.3 Å². The first-order chi connectivity index (χ1) is 14.9. The van der Waals surface area contributed by atoms with Crippen LogP contribution in [0.15, 0.2) is 59.0 Å². The van der Waals surface area contributed by atoms with Gasteiger partial charge in [-0.1, -0.05) is 30.3 Å². The van der Waals surface area contributed by atoms with E-state index >= 15 is 0 Å². The van der Waals surface area contributed by atoms with Crippen LogP contribution in [0.4, 0.5) is 0 Å². The van der Waals surface area contributed by atoms with Gasteiger partial charge in [0.15, 0.2) is 5.78 Å². The molecule has 0 radical (unpaired) electrons. The van der Waals surface area contributed by atoms with Gasteiger partial charge in [0.05, 0.1) is 17.8 Å². The monoisotopic (exact) mass is 451 g/mol. The smallest absolute Gasteiger partial charge is 0.263 e. The first-order valence-corrected chi connectivity index (χ1v) is 11.5. The van der Waals surface area contributed by atoms with Crippen LogP contribution in [0.3, 0.4) is 0 Å². The standard InChI is InChI=1S/C23H21N3O3S2/c1-14-8-9-19(31-14)17-12-30-22-21(17)23(29)26(13-24-22)11-20(28)25-18(15(2)27)10-16-6-4-3-5-7-16/h3-9,12-13,18H,10-11H2,1-2H3,(H,25,28)/t18-/m0/s1. The summed E-state index contributed by atoms with van der Waals surface area (Å²) >= 11 is 3.03. The number of amides is 1. The van der Waals surface area contributed by atoms with Crippen molar-refractivity contribution < 1.29 is 9.59 Å². The van der Waals surface area contributed by atoms with E-state index in [2.05, 4.69) is 10.3 Å². The molecule has 8 heteroatoms. The maximum absolute atomic E-state index is 13.1. The van der Waals surface area contributed by atoms with Crippen LogP contribution >= 0.6 is 22.7 Å². The predicted octanol–water partition coefficient (Wildman–Crippen LogP) is 3.81. The van der Waals surface area contributed by atoms with Crippen molar-refractivity contribution in [3.8, 4) is 10.4 Å². The number of hydrogen-bond acceptors (Lipinski definition) is 6. The van der Waals surface area contributed by atoms with E-state index < -0.39 is 11.9 Å². The highest BCUT2D eigenvalue weighted by Gasteiger charge is 2.20. The SMILES string of the molecule is CC(=O)[C@H](Cc1ccccc1)NC(=O)Cn1cnc2scc(-c3ccc(C)s3)c2c1=O. The van der Waals surface area contributed by atoms with Gasteiger partial charge in [0, 0.05) is 20.7 Å². The number of ketones is 1. The third-order valence-electron chi connectivity index (χ3n) is 4.99. The van der Waals surface area contributed by atoms with E-state index in [9.17, 15) is 14.4 Å². The first-order valence-electron chi connectivity index (χ1n) is 9.79. The largest absolute Gasteiger partial charge is 0.344 e. The maximum Gasteiger partial charge on any atom is 0.263 e. The zero-order valence-corrected chi connectivity index (χ0v) is 18.8. The molecule has 1 atom stereocenters. The normalized spacial score (nSPS) is 12.1. The molecule has 0 aliphatic carbocycles. The third-order valence-corrected chi connectivity index (χ3v) is 6.91. The average molecular weight is 452 g/mol. The molecule has 6 nitrogen and oxygen atoms in total. The minimum absolute atomic E-state index is 0.133. The molecule has 1 N–H and O–H groups in total. The molecule has 3 heterocycles. The molecule has 1 aromatic carbocycles. The van der Waals surface area contributed by atoms with Gasteiger partial charge in [-0.25, -0.2) is 4.98 Å². The van der Waals surface area contributed by atoms with Gasteiger partial charge >= 0.3 is 0 Å². The summed E-state index contributed by atoms with van der Waals surface area (Å²) in [5.41, 5.74) is 1.54. The number of thiophene rings is 2. The van der Waals surface area contributed by atoms with Crippen molar-refractivity contribution in [1.29, 1.82) is 0 Å². The number of carbonyl (C=O) groups excluding carboxylic acids is 2. The number of nitrogens with one attached hydrogen (secondary N) is 1. The number of fused-ring (bicyclic) bond motifs is 1. The Morgan fingerprint density at radius 3 is 2.61 bits per heavy atom. The van der Waals surface area contributed by atoms with E-state index in [0.29, 0.717) is 16.6 Å². The molecule has 0 unspecified atom stereocenters. The van der Waals surface area contributed by atoms with Crippen LogP contribution in [0.2, 0.25) is 0 Å². The predicted molar refractivity (Wildman–Crippen MR) is 125 cm³/mol. The van der Waals surface area contributed by atoms with E-state index in [0.717, 1.165) is 20.9 Å². The fourth-order valence-corrected chi connectivity index (χ4v) is 5.24. The van der Waals surface area contributed by atoms with E-state index in [1.165, 1.54) is 29.2 Å². The Bertz CT molecular complexity index is 1300. The topological polar surface area (TPSA) is 81.1 Å². The van der Waals surface area contributed by atoms with E-state index in [4.69, 9.17) is 0 Å². The molecular formula is C23H21N3O3S2. The summed E-state index contributed by atoms with van der Waals surface area (Å²) in [7, 11) is 0. The summed E-state index contributed by atoms with van der Waals surface area (Å²) in [6, 6.07) is 12.9. The molecule has 0 aliphatic rings. The molecular weight excluding hydrogens is 430 g/mol. The summed E-state index contributed by atoms with van der Waals surface area (Å²) < 4.78 is 1.30. The number of Topliss-reactive ketones (excluding diaryl/α,β-unsaturated/α-hetero) is 1. The van der Waals surface area contributed by atoms with Gasteiger partial charge in [-0.05, 0) is 38.0 Å². The van der Waals surface area contributed by atoms with Crippen molar-refractivity contribution in [2.24, 2.45) is 0 Å². The third kappa shape index (κ3) is 4.65. The molecule has 0 saturated carbocycles. The Morgan fingerprint density at radius 1 is 1.16 bits per heavy atom. The highest BCUT2D eigenvalue weighted by molar-refractivity contribution is 7.19. The lowest BCUT2D eigenvalue weighted by Gasteiger charge is -2.16. The average Bonchev–Trinajstić information content (AvgIpc) is 3.36. The van der Waals surface area contributed by atoms with Gasteiger partial charge in [0.25, 0.3) is 5.56 Å². The van der Waals surface area contributed by atoms with Crippen LogP contribution in [-0.4, -0.2) is 27.3 Å². The lowest BCUT2D eigenvalue weighted by Crippen LogP contribution is -2.43. The van der Waals surface area contributed by atoms with Crippen molar-refractivity contribution in [3.63, 3.8) is 0 Å². The number of aromatic nitrogens is 2. The molecule has 1 amide bonds. The lowest BCUT2D eigenvalue weighted by molar-refractivity contribution is -0.127. The summed E-state index contributed by atoms with van der Waals surface area (Å²) in [5.74, 6) is -0.533. The van der Waals surface area contributed by atoms with Crippen LogP contribution in [0.1, 0.15) is 17.4 Å². The van der Waals surface area contributed by atoms with Crippen LogP contribution in [0.25, 0.3) is 20.7 Å². The van der Waals surface area contributed by atoms with Gasteiger partial charge in [-0.15, -0.1) is 22.7 Å². The molecule has 0 spiro atoms.